The molecular weight excluding hydrogens is 349 g/mol. The van der Waals surface area contributed by atoms with Crippen molar-refractivity contribution in [1.29, 1.82) is 0 Å². The first-order valence-electron chi connectivity index (χ1n) is 6.51. The van der Waals surface area contributed by atoms with Crippen molar-refractivity contribution >= 4 is 16.0 Å². The molecule has 24 heavy (non-hydrogen) atoms. The molecule has 0 aliphatic carbocycles. The monoisotopic (exact) mass is 362 g/mol. The smallest absolute Gasteiger partial charge is 0.383 e. The van der Waals surface area contributed by atoms with Gasteiger partial charge in [-0.05, 0) is 25.1 Å². The van der Waals surface area contributed by atoms with E-state index >= 15 is 0 Å². The van der Waals surface area contributed by atoms with Crippen molar-refractivity contribution in [3.05, 3.63) is 47.8 Å². The van der Waals surface area contributed by atoms with E-state index in [0.717, 1.165) is 22.5 Å². The molecule has 0 saturated carbocycles. The maximum Gasteiger partial charge on any atom is 0.435 e. The van der Waals surface area contributed by atoms with E-state index in [1.54, 1.807) is 19.1 Å². The maximum atomic E-state index is 12.4. The predicted molar refractivity (Wildman–Crippen MR) is 78.3 cm³/mol. The average molecular weight is 362 g/mol. The molecular formula is C13H13F3N4O3S. The topological polar surface area (TPSA) is 99.6 Å². The fourth-order valence-electron chi connectivity index (χ4n) is 1.64. The zero-order valence-electron chi connectivity index (χ0n) is 12.4. The highest BCUT2D eigenvalue weighted by Gasteiger charge is 2.33. The molecule has 0 unspecified atom stereocenters. The minimum absolute atomic E-state index is 0.122. The zero-order chi connectivity index (χ0) is 18.0. The molecule has 7 nitrogen and oxygen atoms in total. The summed E-state index contributed by atoms with van der Waals surface area (Å²) in [4.78, 5) is -0.122. The van der Waals surface area contributed by atoms with E-state index < -0.39 is 22.0 Å². The van der Waals surface area contributed by atoms with Gasteiger partial charge in [0.25, 0.3) is 0 Å². The SMILES string of the molecule is Cc1ccc(S(=O)(=O)ON=C(N)Cn2ccc(C(F)(F)F)n2)cc1. The van der Waals surface area contributed by atoms with E-state index in [1.807, 2.05) is 0 Å². The number of hydrogen-bond acceptors (Lipinski definition) is 5. The van der Waals surface area contributed by atoms with Gasteiger partial charge in [-0.2, -0.15) is 26.7 Å². The highest BCUT2D eigenvalue weighted by atomic mass is 32.2. The number of hydrogen-bond donors (Lipinski definition) is 1. The third kappa shape index (κ3) is 4.47. The Labute approximate surface area is 135 Å². The number of nitrogens with zero attached hydrogens (tertiary/aromatic N) is 3. The van der Waals surface area contributed by atoms with Gasteiger partial charge in [0, 0.05) is 6.20 Å². The number of alkyl halides is 3. The van der Waals surface area contributed by atoms with Gasteiger partial charge in [0.2, 0.25) is 0 Å². The van der Waals surface area contributed by atoms with Gasteiger partial charge in [-0.15, -0.1) is 0 Å². The van der Waals surface area contributed by atoms with Crippen LogP contribution in [0, 0.1) is 6.92 Å². The first-order chi connectivity index (χ1) is 11.1. The van der Waals surface area contributed by atoms with Crippen molar-refractivity contribution in [3.63, 3.8) is 0 Å². The Hall–Kier alpha value is -2.56. The first kappa shape index (κ1) is 17.8. The number of aryl methyl sites for hydroxylation is 1. The third-order valence-electron chi connectivity index (χ3n) is 2.82. The molecule has 1 aromatic heterocycles. The Morgan fingerprint density at radius 1 is 1.29 bits per heavy atom. The lowest BCUT2D eigenvalue weighted by atomic mass is 10.2. The van der Waals surface area contributed by atoms with Gasteiger partial charge in [-0.3, -0.25) is 8.97 Å². The number of benzene rings is 1. The third-order valence-corrected chi connectivity index (χ3v) is 3.94. The van der Waals surface area contributed by atoms with Crippen LogP contribution in [0.2, 0.25) is 0 Å². The molecule has 11 heteroatoms. The van der Waals surface area contributed by atoms with Crippen LogP contribution >= 0.6 is 0 Å². The Morgan fingerprint density at radius 2 is 1.92 bits per heavy atom. The molecule has 0 fully saturated rings. The second kappa shape index (κ2) is 6.51. The number of rotatable bonds is 5. The second-order valence-electron chi connectivity index (χ2n) is 4.82. The van der Waals surface area contributed by atoms with Crippen molar-refractivity contribution in [2.75, 3.05) is 0 Å². The molecule has 130 valence electrons. The van der Waals surface area contributed by atoms with Crippen LogP contribution in [0.1, 0.15) is 11.3 Å². The highest BCUT2D eigenvalue weighted by Crippen LogP contribution is 2.27. The lowest BCUT2D eigenvalue weighted by Gasteiger charge is -2.04. The molecule has 0 amide bonds. The molecule has 1 heterocycles. The van der Waals surface area contributed by atoms with Crippen LogP contribution in [0.15, 0.2) is 46.6 Å². The van der Waals surface area contributed by atoms with Crippen LogP contribution in [-0.2, 0) is 27.1 Å². The lowest BCUT2D eigenvalue weighted by molar-refractivity contribution is -0.141. The second-order valence-corrected chi connectivity index (χ2v) is 6.35. The number of amidine groups is 1. The van der Waals surface area contributed by atoms with Gasteiger partial charge < -0.3 is 5.73 Å². The molecule has 0 atom stereocenters. The normalized spacial score (nSPS) is 13.1. The number of oxime groups is 1. The predicted octanol–water partition coefficient (Wildman–Crippen LogP) is 1.89. The quantitative estimate of drug-likeness (QED) is 0.497. The Morgan fingerprint density at radius 3 is 2.46 bits per heavy atom. The first-order valence-corrected chi connectivity index (χ1v) is 7.92. The van der Waals surface area contributed by atoms with Crippen molar-refractivity contribution in [1.82, 2.24) is 9.78 Å². The van der Waals surface area contributed by atoms with Crippen LogP contribution < -0.4 is 5.73 Å². The molecule has 1 aromatic carbocycles. The minimum atomic E-state index is -4.58. The number of nitrogens with two attached hydrogens (primary N) is 1. The van der Waals surface area contributed by atoms with Crippen LogP contribution in [0.25, 0.3) is 0 Å². The van der Waals surface area contributed by atoms with Gasteiger partial charge >= 0.3 is 16.3 Å². The summed E-state index contributed by atoms with van der Waals surface area (Å²) in [6, 6.07) is 6.58. The van der Waals surface area contributed by atoms with Gasteiger partial charge in [-0.1, -0.05) is 22.9 Å². The van der Waals surface area contributed by atoms with Gasteiger partial charge in [0.1, 0.15) is 11.4 Å². The number of aromatic nitrogens is 2. The van der Waals surface area contributed by atoms with E-state index in [0.29, 0.717) is 0 Å². The lowest BCUT2D eigenvalue weighted by Crippen LogP contribution is -2.21. The van der Waals surface area contributed by atoms with E-state index in [4.69, 9.17) is 5.73 Å². The molecule has 2 rings (SSSR count). The summed E-state index contributed by atoms with van der Waals surface area (Å²) in [6.45, 7) is 1.42. The molecule has 0 aliphatic heterocycles. The molecule has 0 radical (unpaired) electrons. The van der Waals surface area contributed by atoms with Crippen molar-refractivity contribution in [2.45, 2.75) is 24.5 Å². The van der Waals surface area contributed by atoms with E-state index in [2.05, 4.69) is 14.5 Å². The Bertz CT molecular complexity index is 842. The fraction of sp³-hybridized carbons (Fsp3) is 0.231. The van der Waals surface area contributed by atoms with Crippen LogP contribution in [-0.4, -0.2) is 24.0 Å². The molecule has 0 saturated heterocycles. The molecule has 0 bridgehead atoms. The standard InChI is InChI=1S/C13H13F3N4O3S/c1-9-2-4-10(5-3-9)24(21,22)23-19-12(17)8-20-7-6-11(18-20)13(14,15)16/h2-7H,8H2,1H3,(H2,17,19). The van der Waals surface area contributed by atoms with Crippen molar-refractivity contribution < 1.29 is 25.9 Å². The van der Waals surface area contributed by atoms with Gasteiger partial charge in [0.15, 0.2) is 11.5 Å². The van der Waals surface area contributed by atoms with Crippen LogP contribution in [0.4, 0.5) is 13.2 Å². The molecule has 0 spiro atoms. The number of halogens is 3. The van der Waals surface area contributed by atoms with E-state index in [1.165, 1.54) is 12.1 Å². The molecule has 2 N–H and O–H groups in total. The summed E-state index contributed by atoms with van der Waals surface area (Å²) in [5.74, 6) is -0.359. The summed E-state index contributed by atoms with van der Waals surface area (Å²) in [5.41, 5.74) is 5.22. The summed E-state index contributed by atoms with van der Waals surface area (Å²) in [7, 11) is -4.16. The van der Waals surface area contributed by atoms with Gasteiger partial charge in [0.05, 0.1) is 0 Å². The largest absolute Gasteiger partial charge is 0.435 e. The van der Waals surface area contributed by atoms with Gasteiger partial charge in [-0.25, -0.2) is 0 Å². The molecule has 2 aromatic rings. The average Bonchev–Trinajstić information content (AvgIpc) is 2.94. The molecule has 0 aliphatic rings. The highest BCUT2D eigenvalue weighted by molar-refractivity contribution is 7.86. The van der Waals surface area contributed by atoms with Crippen LogP contribution in [0.5, 0.6) is 0 Å². The van der Waals surface area contributed by atoms with E-state index in [9.17, 15) is 21.6 Å². The maximum absolute atomic E-state index is 12.4. The Balaban J connectivity index is 2.06. The van der Waals surface area contributed by atoms with Crippen molar-refractivity contribution in [3.8, 4) is 0 Å². The summed E-state index contributed by atoms with van der Waals surface area (Å²) in [6.07, 6.45) is -3.54. The van der Waals surface area contributed by atoms with Crippen molar-refractivity contribution in [2.24, 2.45) is 10.9 Å². The van der Waals surface area contributed by atoms with Crippen LogP contribution in [0.3, 0.4) is 0 Å². The summed E-state index contributed by atoms with van der Waals surface area (Å²) in [5, 5.41) is 6.49. The fourth-order valence-corrected chi connectivity index (χ4v) is 2.39. The zero-order valence-corrected chi connectivity index (χ0v) is 13.2. The van der Waals surface area contributed by atoms with E-state index in [-0.39, 0.29) is 17.3 Å². The Kier molecular flexibility index (Phi) is 4.83. The summed E-state index contributed by atoms with van der Waals surface area (Å²) >= 11 is 0. The summed E-state index contributed by atoms with van der Waals surface area (Å²) < 4.78 is 66.3. The minimum Gasteiger partial charge on any atom is -0.383 e.